The lowest BCUT2D eigenvalue weighted by atomic mass is 10.1. The summed E-state index contributed by atoms with van der Waals surface area (Å²) < 4.78 is 5.06. The Kier molecular flexibility index (Phi) is 2.77. The zero-order valence-corrected chi connectivity index (χ0v) is 10.7. The molecular formula is C12H8ClN3OS. The SMILES string of the molecule is Nc1onc(-c2sccc2Cl)c1-c1ccccn1. The van der Waals surface area contributed by atoms with Gasteiger partial charge in [-0.3, -0.25) is 4.98 Å². The molecule has 0 fully saturated rings. The van der Waals surface area contributed by atoms with Gasteiger partial charge < -0.3 is 10.3 Å². The third-order valence-corrected chi connectivity index (χ3v) is 3.82. The molecule has 0 aliphatic rings. The summed E-state index contributed by atoms with van der Waals surface area (Å²) in [7, 11) is 0. The maximum atomic E-state index is 6.11. The molecule has 3 aromatic rings. The van der Waals surface area contributed by atoms with E-state index in [-0.39, 0.29) is 5.88 Å². The fourth-order valence-corrected chi connectivity index (χ4v) is 2.81. The first-order chi connectivity index (χ1) is 8.77. The zero-order valence-electron chi connectivity index (χ0n) is 9.13. The Morgan fingerprint density at radius 3 is 2.83 bits per heavy atom. The van der Waals surface area contributed by atoms with E-state index in [9.17, 15) is 0 Å². The molecule has 0 amide bonds. The molecule has 2 N–H and O–H groups in total. The Morgan fingerprint density at radius 2 is 2.17 bits per heavy atom. The van der Waals surface area contributed by atoms with Crippen molar-refractivity contribution in [1.82, 2.24) is 10.1 Å². The van der Waals surface area contributed by atoms with Crippen LogP contribution in [0.2, 0.25) is 5.02 Å². The van der Waals surface area contributed by atoms with Crippen LogP contribution < -0.4 is 5.73 Å². The van der Waals surface area contributed by atoms with Crippen molar-refractivity contribution in [1.29, 1.82) is 0 Å². The summed E-state index contributed by atoms with van der Waals surface area (Å²) in [6.07, 6.45) is 1.70. The molecule has 3 heterocycles. The topological polar surface area (TPSA) is 64.9 Å². The molecule has 6 heteroatoms. The first-order valence-corrected chi connectivity index (χ1v) is 6.43. The highest BCUT2D eigenvalue weighted by molar-refractivity contribution is 7.14. The van der Waals surface area contributed by atoms with Crippen LogP contribution in [0, 0.1) is 0 Å². The smallest absolute Gasteiger partial charge is 0.232 e. The molecule has 18 heavy (non-hydrogen) atoms. The maximum Gasteiger partial charge on any atom is 0.232 e. The zero-order chi connectivity index (χ0) is 12.5. The van der Waals surface area contributed by atoms with Gasteiger partial charge in [0.1, 0.15) is 5.69 Å². The summed E-state index contributed by atoms with van der Waals surface area (Å²) in [4.78, 5) is 5.10. The highest BCUT2D eigenvalue weighted by Gasteiger charge is 2.20. The van der Waals surface area contributed by atoms with Crippen LogP contribution in [0.4, 0.5) is 5.88 Å². The molecule has 0 aliphatic carbocycles. The highest BCUT2D eigenvalue weighted by Crippen LogP contribution is 2.40. The van der Waals surface area contributed by atoms with Crippen molar-refractivity contribution in [2.75, 3.05) is 5.73 Å². The van der Waals surface area contributed by atoms with Crippen LogP contribution in [0.3, 0.4) is 0 Å². The largest absolute Gasteiger partial charge is 0.367 e. The number of anilines is 1. The number of nitrogens with two attached hydrogens (primary N) is 1. The second kappa shape index (κ2) is 4.44. The Hall–Kier alpha value is -1.85. The second-order valence-corrected chi connectivity index (χ2v) is 4.91. The van der Waals surface area contributed by atoms with Crippen molar-refractivity contribution < 1.29 is 4.52 Å². The fraction of sp³-hybridized carbons (Fsp3) is 0. The molecule has 4 nitrogen and oxygen atoms in total. The van der Waals surface area contributed by atoms with Gasteiger partial charge in [-0.15, -0.1) is 11.3 Å². The van der Waals surface area contributed by atoms with Gasteiger partial charge in [0, 0.05) is 6.20 Å². The Morgan fingerprint density at radius 1 is 1.28 bits per heavy atom. The van der Waals surface area contributed by atoms with E-state index in [0.717, 1.165) is 10.6 Å². The molecule has 0 saturated heterocycles. The molecule has 90 valence electrons. The van der Waals surface area contributed by atoms with E-state index in [1.54, 1.807) is 6.20 Å². The molecule has 0 atom stereocenters. The lowest BCUT2D eigenvalue weighted by Crippen LogP contribution is -1.89. The predicted molar refractivity (Wildman–Crippen MR) is 72.5 cm³/mol. The van der Waals surface area contributed by atoms with Gasteiger partial charge in [-0.25, -0.2) is 0 Å². The number of pyridine rings is 1. The van der Waals surface area contributed by atoms with Crippen LogP contribution in [-0.2, 0) is 0 Å². The second-order valence-electron chi connectivity index (χ2n) is 3.58. The third-order valence-electron chi connectivity index (χ3n) is 2.47. The quantitative estimate of drug-likeness (QED) is 0.776. The Labute approximate surface area is 112 Å². The molecule has 0 bridgehead atoms. The van der Waals surface area contributed by atoms with Crippen molar-refractivity contribution >= 4 is 28.8 Å². The Balaban J connectivity index is 2.22. The first-order valence-electron chi connectivity index (χ1n) is 5.17. The number of halogens is 1. The third kappa shape index (κ3) is 1.77. The monoisotopic (exact) mass is 277 g/mol. The van der Waals surface area contributed by atoms with E-state index >= 15 is 0 Å². The number of hydrogen-bond acceptors (Lipinski definition) is 5. The van der Waals surface area contributed by atoms with E-state index in [1.165, 1.54) is 11.3 Å². The summed E-state index contributed by atoms with van der Waals surface area (Å²) in [5.41, 5.74) is 7.85. The van der Waals surface area contributed by atoms with Gasteiger partial charge >= 0.3 is 0 Å². The number of nitrogen functional groups attached to an aromatic ring is 1. The molecule has 0 aromatic carbocycles. The van der Waals surface area contributed by atoms with Gasteiger partial charge in [-0.2, -0.15) is 0 Å². The molecule has 0 radical (unpaired) electrons. The van der Waals surface area contributed by atoms with Crippen molar-refractivity contribution in [3.05, 3.63) is 40.9 Å². The molecule has 0 spiro atoms. The summed E-state index contributed by atoms with van der Waals surface area (Å²) in [6.45, 7) is 0. The van der Waals surface area contributed by atoms with Crippen molar-refractivity contribution in [3.8, 4) is 21.8 Å². The van der Waals surface area contributed by atoms with E-state index in [4.69, 9.17) is 21.9 Å². The minimum atomic E-state index is 0.244. The summed E-state index contributed by atoms with van der Waals surface area (Å²) in [6, 6.07) is 7.39. The summed E-state index contributed by atoms with van der Waals surface area (Å²) in [5.74, 6) is 0.244. The van der Waals surface area contributed by atoms with Crippen LogP contribution in [0.25, 0.3) is 21.8 Å². The standard InChI is InChI=1S/C12H8ClN3OS/c13-7-4-6-18-11(7)10-9(12(14)17-16-10)8-3-1-2-5-15-8/h1-6H,14H2. The van der Waals surface area contributed by atoms with Gasteiger partial charge in [0.15, 0.2) is 0 Å². The van der Waals surface area contributed by atoms with Gasteiger partial charge in [0.2, 0.25) is 5.88 Å². The number of aromatic nitrogens is 2. The molecule has 0 unspecified atom stereocenters. The van der Waals surface area contributed by atoms with Gasteiger partial charge in [0.25, 0.3) is 0 Å². The highest BCUT2D eigenvalue weighted by atomic mass is 35.5. The average Bonchev–Trinajstić information content (AvgIpc) is 2.96. The van der Waals surface area contributed by atoms with Crippen LogP contribution in [0.5, 0.6) is 0 Å². The summed E-state index contributed by atoms with van der Waals surface area (Å²) in [5, 5.41) is 6.51. The molecule has 3 rings (SSSR count). The minimum Gasteiger partial charge on any atom is -0.367 e. The van der Waals surface area contributed by atoms with Crippen LogP contribution in [0.1, 0.15) is 0 Å². The number of nitrogens with zero attached hydrogens (tertiary/aromatic N) is 2. The van der Waals surface area contributed by atoms with Crippen molar-refractivity contribution in [2.24, 2.45) is 0 Å². The van der Waals surface area contributed by atoms with Crippen molar-refractivity contribution in [3.63, 3.8) is 0 Å². The number of thiophene rings is 1. The normalized spacial score (nSPS) is 10.7. The molecule has 0 saturated carbocycles. The van der Waals surface area contributed by atoms with E-state index in [2.05, 4.69) is 10.1 Å². The average molecular weight is 278 g/mol. The van der Waals surface area contributed by atoms with E-state index < -0.39 is 0 Å². The lowest BCUT2D eigenvalue weighted by Gasteiger charge is -2.00. The van der Waals surface area contributed by atoms with Crippen LogP contribution >= 0.6 is 22.9 Å². The first kappa shape index (κ1) is 11.3. The molecule has 3 aromatic heterocycles. The minimum absolute atomic E-state index is 0.244. The van der Waals surface area contributed by atoms with E-state index in [1.807, 2.05) is 29.6 Å². The number of hydrogen-bond donors (Lipinski definition) is 1. The fourth-order valence-electron chi connectivity index (χ4n) is 1.68. The van der Waals surface area contributed by atoms with Gasteiger partial charge in [-0.05, 0) is 23.6 Å². The lowest BCUT2D eigenvalue weighted by molar-refractivity contribution is 0.439. The predicted octanol–water partition coefficient (Wildman–Crippen LogP) is 3.70. The van der Waals surface area contributed by atoms with Gasteiger partial charge in [0.05, 0.1) is 21.2 Å². The molecular weight excluding hydrogens is 270 g/mol. The summed E-state index contributed by atoms with van der Waals surface area (Å²) >= 11 is 7.60. The van der Waals surface area contributed by atoms with Crippen molar-refractivity contribution in [2.45, 2.75) is 0 Å². The maximum absolute atomic E-state index is 6.11. The van der Waals surface area contributed by atoms with Crippen LogP contribution in [0.15, 0.2) is 40.4 Å². The number of rotatable bonds is 2. The van der Waals surface area contributed by atoms with Crippen LogP contribution in [-0.4, -0.2) is 10.1 Å². The van der Waals surface area contributed by atoms with E-state index in [0.29, 0.717) is 16.3 Å². The molecule has 0 aliphatic heterocycles. The van der Waals surface area contributed by atoms with Gasteiger partial charge in [-0.1, -0.05) is 22.8 Å². The Bertz CT molecular complexity index is 678.